The number of carbonyl (C=O) groups excluding carboxylic acids is 1. The molecule has 2 atom stereocenters. The average molecular weight is 266 g/mol. The number of carbonyl (C=O) groups is 1. The second kappa shape index (κ2) is 6.25. The quantitative estimate of drug-likeness (QED) is 0.768. The van der Waals surface area contributed by atoms with Gasteiger partial charge >= 0.3 is 5.97 Å². The lowest BCUT2D eigenvalue weighted by molar-refractivity contribution is -0.145. The zero-order valence-electron chi connectivity index (χ0n) is 10.7. The Morgan fingerprint density at radius 1 is 1.50 bits per heavy atom. The molecule has 0 aromatic heterocycles. The lowest BCUT2D eigenvalue weighted by Gasteiger charge is -2.13. The Morgan fingerprint density at radius 2 is 2.28 bits per heavy atom. The summed E-state index contributed by atoms with van der Waals surface area (Å²) >= 11 is 1.72. The van der Waals surface area contributed by atoms with Gasteiger partial charge in [-0.25, -0.2) is 0 Å². The number of thioether (sulfide) groups is 1. The van der Waals surface area contributed by atoms with Crippen molar-refractivity contribution in [3.8, 4) is 0 Å². The standard InChI is InChI=1S/C14H18O3S/c1-10(16-2)7-8-17-14(15)12-9-18-13-6-4-3-5-11(12)13/h3-6,10,12H,7-9H2,1-2H3/t10-,12-/m0/s1. The summed E-state index contributed by atoms with van der Waals surface area (Å²) in [6.45, 7) is 2.39. The molecule has 0 bridgehead atoms. The fraction of sp³-hybridized carbons (Fsp3) is 0.500. The van der Waals surface area contributed by atoms with Crippen molar-refractivity contribution in [3.05, 3.63) is 29.8 Å². The van der Waals surface area contributed by atoms with Gasteiger partial charge in [0.15, 0.2) is 0 Å². The molecule has 0 spiro atoms. The molecule has 0 amide bonds. The number of esters is 1. The predicted molar refractivity (Wildman–Crippen MR) is 72.0 cm³/mol. The van der Waals surface area contributed by atoms with Gasteiger partial charge in [-0.1, -0.05) is 18.2 Å². The summed E-state index contributed by atoms with van der Waals surface area (Å²) in [4.78, 5) is 13.2. The Bertz CT molecular complexity index is 419. The zero-order chi connectivity index (χ0) is 13.0. The Morgan fingerprint density at radius 3 is 3.06 bits per heavy atom. The van der Waals surface area contributed by atoms with E-state index in [1.165, 1.54) is 4.90 Å². The summed E-state index contributed by atoms with van der Waals surface area (Å²) in [5.74, 6) is 0.567. The van der Waals surface area contributed by atoms with E-state index in [1.54, 1.807) is 18.9 Å². The first-order valence-electron chi connectivity index (χ1n) is 6.13. The number of rotatable bonds is 5. The van der Waals surface area contributed by atoms with E-state index in [0.717, 1.165) is 17.7 Å². The third-order valence-electron chi connectivity index (χ3n) is 3.16. The van der Waals surface area contributed by atoms with E-state index >= 15 is 0 Å². The van der Waals surface area contributed by atoms with Gasteiger partial charge in [0.05, 0.1) is 18.6 Å². The SMILES string of the molecule is CO[C@@H](C)CCOC(=O)[C@H]1CSc2ccccc21. The second-order valence-electron chi connectivity index (χ2n) is 4.40. The highest BCUT2D eigenvalue weighted by atomic mass is 32.2. The molecule has 0 fully saturated rings. The molecule has 18 heavy (non-hydrogen) atoms. The molecular weight excluding hydrogens is 248 g/mol. The number of hydrogen-bond acceptors (Lipinski definition) is 4. The van der Waals surface area contributed by atoms with Crippen LogP contribution in [0.3, 0.4) is 0 Å². The number of benzene rings is 1. The molecule has 1 heterocycles. The number of hydrogen-bond donors (Lipinski definition) is 0. The van der Waals surface area contributed by atoms with Crippen LogP contribution in [0.15, 0.2) is 29.2 Å². The molecule has 2 rings (SSSR count). The Labute approximate surface area is 112 Å². The Balaban J connectivity index is 1.88. The molecule has 0 aliphatic carbocycles. The monoisotopic (exact) mass is 266 g/mol. The van der Waals surface area contributed by atoms with Gasteiger partial charge in [0.1, 0.15) is 0 Å². The zero-order valence-corrected chi connectivity index (χ0v) is 11.5. The molecule has 98 valence electrons. The minimum Gasteiger partial charge on any atom is -0.465 e. The van der Waals surface area contributed by atoms with Crippen molar-refractivity contribution < 1.29 is 14.3 Å². The first kappa shape index (κ1) is 13.4. The summed E-state index contributed by atoms with van der Waals surface area (Å²) in [6, 6.07) is 8.04. The molecule has 1 aliphatic heterocycles. The van der Waals surface area contributed by atoms with Gasteiger partial charge in [0.2, 0.25) is 0 Å². The second-order valence-corrected chi connectivity index (χ2v) is 5.47. The van der Waals surface area contributed by atoms with Crippen LogP contribution in [0.25, 0.3) is 0 Å². The first-order chi connectivity index (χ1) is 8.72. The number of ether oxygens (including phenoxy) is 2. The van der Waals surface area contributed by atoms with E-state index < -0.39 is 0 Å². The molecule has 0 saturated heterocycles. The van der Waals surface area contributed by atoms with Crippen LogP contribution in [0.5, 0.6) is 0 Å². The van der Waals surface area contributed by atoms with Gasteiger partial charge in [-0.15, -0.1) is 11.8 Å². The fourth-order valence-electron chi connectivity index (χ4n) is 1.90. The summed E-state index contributed by atoms with van der Waals surface area (Å²) in [7, 11) is 1.66. The molecule has 4 heteroatoms. The molecule has 0 N–H and O–H groups in total. The highest BCUT2D eigenvalue weighted by Gasteiger charge is 2.30. The molecule has 1 aliphatic rings. The fourth-order valence-corrected chi connectivity index (χ4v) is 3.12. The van der Waals surface area contributed by atoms with Crippen LogP contribution >= 0.6 is 11.8 Å². The van der Waals surface area contributed by atoms with Crippen molar-refractivity contribution in [1.29, 1.82) is 0 Å². The van der Waals surface area contributed by atoms with Gasteiger partial charge in [-0.2, -0.15) is 0 Å². The third-order valence-corrected chi connectivity index (χ3v) is 4.34. The van der Waals surface area contributed by atoms with Crippen LogP contribution in [0.1, 0.15) is 24.8 Å². The Hall–Kier alpha value is -1.00. The summed E-state index contributed by atoms with van der Waals surface area (Å²) in [5, 5.41) is 0. The lowest BCUT2D eigenvalue weighted by Crippen LogP contribution is -2.18. The average Bonchev–Trinajstić information content (AvgIpc) is 2.82. The van der Waals surface area contributed by atoms with Crippen molar-refractivity contribution >= 4 is 17.7 Å². The molecule has 0 saturated carbocycles. The van der Waals surface area contributed by atoms with E-state index in [9.17, 15) is 4.79 Å². The third kappa shape index (κ3) is 3.06. The number of fused-ring (bicyclic) bond motifs is 1. The lowest BCUT2D eigenvalue weighted by atomic mass is 10.0. The topological polar surface area (TPSA) is 35.5 Å². The van der Waals surface area contributed by atoms with Crippen molar-refractivity contribution in [1.82, 2.24) is 0 Å². The maximum atomic E-state index is 12.0. The van der Waals surface area contributed by atoms with Gasteiger partial charge in [-0.05, 0) is 18.6 Å². The maximum absolute atomic E-state index is 12.0. The van der Waals surface area contributed by atoms with Crippen LogP contribution in [0.2, 0.25) is 0 Å². The van der Waals surface area contributed by atoms with Crippen molar-refractivity contribution in [2.45, 2.75) is 30.3 Å². The van der Waals surface area contributed by atoms with E-state index in [-0.39, 0.29) is 18.0 Å². The van der Waals surface area contributed by atoms with E-state index in [2.05, 4.69) is 6.07 Å². The van der Waals surface area contributed by atoms with E-state index in [4.69, 9.17) is 9.47 Å². The van der Waals surface area contributed by atoms with E-state index in [0.29, 0.717) is 6.61 Å². The maximum Gasteiger partial charge on any atom is 0.314 e. The van der Waals surface area contributed by atoms with Crippen molar-refractivity contribution in [2.75, 3.05) is 19.5 Å². The highest BCUT2D eigenvalue weighted by molar-refractivity contribution is 7.99. The Kier molecular flexibility index (Phi) is 4.66. The highest BCUT2D eigenvalue weighted by Crippen LogP contribution is 2.39. The van der Waals surface area contributed by atoms with E-state index in [1.807, 2.05) is 25.1 Å². The largest absolute Gasteiger partial charge is 0.465 e. The minimum atomic E-state index is -0.115. The molecule has 1 aromatic rings. The molecule has 0 unspecified atom stereocenters. The van der Waals surface area contributed by atoms with Crippen LogP contribution in [-0.4, -0.2) is 31.5 Å². The predicted octanol–water partition coefficient (Wildman–Crippen LogP) is 2.84. The molecule has 3 nitrogen and oxygen atoms in total. The van der Waals surface area contributed by atoms with Crippen LogP contribution in [0.4, 0.5) is 0 Å². The summed E-state index contributed by atoms with van der Waals surface area (Å²) in [5.41, 5.74) is 1.10. The molecular formula is C14H18O3S. The van der Waals surface area contributed by atoms with Crippen molar-refractivity contribution in [2.24, 2.45) is 0 Å². The normalized spacial score (nSPS) is 19.3. The molecule has 0 radical (unpaired) electrons. The first-order valence-corrected chi connectivity index (χ1v) is 7.12. The van der Waals surface area contributed by atoms with Crippen LogP contribution in [0, 0.1) is 0 Å². The summed E-state index contributed by atoms with van der Waals surface area (Å²) in [6.07, 6.45) is 0.868. The number of methoxy groups -OCH3 is 1. The van der Waals surface area contributed by atoms with Gasteiger partial charge in [-0.3, -0.25) is 4.79 Å². The van der Waals surface area contributed by atoms with Crippen LogP contribution < -0.4 is 0 Å². The van der Waals surface area contributed by atoms with Gasteiger partial charge in [0.25, 0.3) is 0 Å². The molecule has 1 aromatic carbocycles. The van der Waals surface area contributed by atoms with Crippen LogP contribution in [-0.2, 0) is 14.3 Å². The van der Waals surface area contributed by atoms with Crippen molar-refractivity contribution in [3.63, 3.8) is 0 Å². The minimum absolute atomic E-state index is 0.107. The van der Waals surface area contributed by atoms with Gasteiger partial charge in [0, 0.05) is 24.2 Å². The smallest absolute Gasteiger partial charge is 0.314 e. The van der Waals surface area contributed by atoms with Gasteiger partial charge < -0.3 is 9.47 Å². The summed E-state index contributed by atoms with van der Waals surface area (Å²) < 4.78 is 10.4.